The van der Waals surface area contributed by atoms with Gasteiger partial charge in [0.25, 0.3) is 5.56 Å². The van der Waals surface area contributed by atoms with Crippen LogP contribution in [0, 0.1) is 5.82 Å². The van der Waals surface area contributed by atoms with Crippen LogP contribution in [0.3, 0.4) is 0 Å². The van der Waals surface area contributed by atoms with Gasteiger partial charge in [-0.05, 0) is 35.9 Å². The number of fused-ring (bicyclic) bond motifs is 1. The molecule has 0 atom stereocenters. The van der Waals surface area contributed by atoms with E-state index >= 15 is 0 Å². The van der Waals surface area contributed by atoms with Crippen LogP contribution in [-0.4, -0.2) is 35.9 Å². The number of hydrogen-bond acceptors (Lipinski definition) is 7. The summed E-state index contributed by atoms with van der Waals surface area (Å²) in [7, 11) is 4.56. The Balaban J connectivity index is 1.80. The fourth-order valence-electron chi connectivity index (χ4n) is 2.88. The molecule has 0 aliphatic rings. The standard InChI is InChI=1S/C20H16FN3O4S/c1-26-14-9-12(10-15(27-2)17(14)28-3)18-22-20-24(23-18)19(25)16(29-20)8-11-4-6-13(21)7-5-11/h4-10H,1-3H3/b16-8-. The van der Waals surface area contributed by atoms with E-state index in [9.17, 15) is 9.18 Å². The van der Waals surface area contributed by atoms with Crippen molar-refractivity contribution >= 4 is 22.4 Å². The minimum atomic E-state index is -0.331. The maximum absolute atomic E-state index is 13.1. The highest BCUT2D eigenvalue weighted by Crippen LogP contribution is 2.40. The van der Waals surface area contributed by atoms with Gasteiger partial charge in [-0.15, -0.1) is 5.10 Å². The second-order valence-electron chi connectivity index (χ2n) is 6.01. The van der Waals surface area contributed by atoms with Gasteiger partial charge in [-0.25, -0.2) is 4.39 Å². The molecule has 7 nitrogen and oxygen atoms in total. The Hall–Kier alpha value is -3.46. The van der Waals surface area contributed by atoms with Crippen LogP contribution in [0.4, 0.5) is 4.39 Å². The molecule has 2 aromatic heterocycles. The van der Waals surface area contributed by atoms with Crippen LogP contribution in [-0.2, 0) is 0 Å². The number of halogens is 1. The predicted octanol–water partition coefficient (Wildman–Crippen LogP) is 2.53. The first-order valence-corrected chi connectivity index (χ1v) is 9.33. The van der Waals surface area contributed by atoms with Crippen molar-refractivity contribution in [3.8, 4) is 28.6 Å². The van der Waals surface area contributed by atoms with Crippen LogP contribution in [0.1, 0.15) is 5.56 Å². The first-order valence-electron chi connectivity index (χ1n) is 8.51. The maximum Gasteiger partial charge on any atom is 0.291 e. The molecule has 2 aromatic carbocycles. The Labute approximate surface area is 168 Å². The van der Waals surface area contributed by atoms with Crippen molar-refractivity contribution in [3.63, 3.8) is 0 Å². The summed E-state index contributed by atoms with van der Waals surface area (Å²) in [5.74, 6) is 1.42. The highest BCUT2D eigenvalue weighted by molar-refractivity contribution is 7.15. The molecular formula is C20H16FN3O4S. The molecule has 29 heavy (non-hydrogen) atoms. The molecule has 0 bridgehead atoms. The number of ether oxygens (including phenoxy) is 3. The third-order valence-corrected chi connectivity index (χ3v) is 5.23. The Morgan fingerprint density at radius 2 is 1.69 bits per heavy atom. The fraction of sp³-hybridized carbons (Fsp3) is 0.150. The van der Waals surface area contributed by atoms with Gasteiger partial charge in [-0.3, -0.25) is 4.79 Å². The Morgan fingerprint density at radius 3 is 2.24 bits per heavy atom. The van der Waals surface area contributed by atoms with E-state index < -0.39 is 0 Å². The molecule has 9 heteroatoms. The third kappa shape index (κ3) is 3.40. The largest absolute Gasteiger partial charge is 0.493 e. The lowest BCUT2D eigenvalue weighted by Crippen LogP contribution is -2.23. The maximum atomic E-state index is 13.1. The van der Waals surface area contributed by atoms with Crippen LogP contribution in [0.25, 0.3) is 22.4 Å². The van der Waals surface area contributed by atoms with Crippen molar-refractivity contribution in [2.75, 3.05) is 21.3 Å². The highest BCUT2D eigenvalue weighted by atomic mass is 32.1. The van der Waals surface area contributed by atoms with Gasteiger partial charge >= 0.3 is 0 Å². The molecule has 2 heterocycles. The summed E-state index contributed by atoms with van der Waals surface area (Å²) in [5.41, 5.74) is 1.05. The minimum absolute atomic E-state index is 0.291. The number of rotatable bonds is 5. The van der Waals surface area contributed by atoms with Gasteiger partial charge in [-0.1, -0.05) is 23.5 Å². The average molecular weight is 413 g/mol. The molecule has 0 aliphatic heterocycles. The molecule has 148 valence electrons. The number of methoxy groups -OCH3 is 3. The van der Waals surface area contributed by atoms with Crippen molar-refractivity contribution < 1.29 is 18.6 Å². The molecule has 4 rings (SSSR count). The number of benzene rings is 2. The SMILES string of the molecule is COc1cc(-c2nc3s/c(=C\c4ccc(F)cc4)c(=O)n3n2)cc(OC)c1OC. The molecule has 0 fully saturated rings. The zero-order valence-corrected chi connectivity index (χ0v) is 16.6. The van der Waals surface area contributed by atoms with Gasteiger partial charge in [0, 0.05) is 5.56 Å². The molecule has 0 saturated heterocycles. The molecule has 0 unspecified atom stereocenters. The molecule has 0 N–H and O–H groups in total. The molecule has 0 radical (unpaired) electrons. The lowest BCUT2D eigenvalue weighted by Gasteiger charge is -2.12. The fourth-order valence-corrected chi connectivity index (χ4v) is 3.78. The molecular weight excluding hydrogens is 397 g/mol. The number of thiazole rings is 1. The first-order chi connectivity index (χ1) is 14.0. The predicted molar refractivity (Wildman–Crippen MR) is 107 cm³/mol. The van der Waals surface area contributed by atoms with Crippen molar-refractivity contribution in [1.82, 2.24) is 14.6 Å². The van der Waals surface area contributed by atoms with Crippen molar-refractivity contribution in [2.45, 2.75) is 0 Å². The number of aromatic nitrogens is 3. The summed E-state index contributed by atoms with van der Waals surface area (Å²) >= 11 is 1.21. The van der Waals surface area contributed by atoms with E-state index in [1.807, 2.05) is 0 Å². The normalized spacial score (nSPS) is 11.8. The van der Waals surface area contributed by atoms with Gasteiger partial charge < -0.3 is 14.2 Å². The molecule has 0 aliphatic carbocycles. The van der Waals surface area contributed by atoms with Crippen LogP contribution in [0.5, 0.6) is 17.2 Å². The van der Waals surface area contributed by atoms with E-state index in [0.29, 0.717) is 38.1 Å². The zero-order chi connectivity index (χ0) is 20.5. The lowest BCUT2D eigenvalue weighted by atomic mass is 10.1. The van der Waals surface area contributed by atoms with E-state index in [1.165, 1.54) is 49.3 Å². The van der Waals surface area contributed by atoms with Crippen molar-refractivity contribution in [1.29, 1.82) is 0 Å². The summed E-state index contributed by atoms with van der Waals surface area (Å²) < 4.78 is 30.8. The third-order valence-electron chi connectivity index (χ3n) is 4.27. The zero-order valence-electron chi connectivity index (χ0n) is 15.8. The van der Waals surface area contributed by atoms with Crippen LogP contribution < -0.4 is 24.3 Å². The van der Waals surface area contributed by atoms with Gasteiger partial charge in [-0.2, -0.15) is 9.50 Å². The van der Waals surface area contributed by atoms with Crippen molar-refractivity contribution in [2.24, 2.45) is 0 Å². The second-order valence-corrected chi connectivity index (χ2v) is 7.02. The van der Waals surface area contributed by atoms with E-state index in [2.05, 4.69) is 10.1 Å². The lowest BCUT2D eigenvalue weighted by molar-refractivity contribution is 0.324. The summed E-state index contributed by atoms with van der Waals surface area (Å²) in [6, 6.07) is 9.33. The second kappa shape index (κ2) is 7.51. The summed E-state index contributed by atoms with van der Waals surface area (Å²) in [6.07, 6.45) is 1.68. The van der Waals surface area contributed by atoms with E-state index in [4.69, 9.17) is 14.2 Å². The Bertz CT molecular complexity index is 1270. The van der Waals surface area contributed by atoms with E-state index in [1.54, 1.807) is 30.3 Å². The Morgan fingerprint density at radius 1 is 1.03 bits per heavy atom. The van der Waals surface area contributed by atoms with Gasteiger partial charge in [0.1, 0.15) is 5.82 Å². The molecule has 4 aromatic rings. The topological polar surface area (TPSA) is 75.0 Å². The quantitative estimate of drug-likeness (QED) is 0.501. The van der Waals surface area contributed by atoms with Gasteiger partial charge in [0.05, 0.1) is 25.9 Å². The molecule has 0 saturated carbocycles. The average Bonchev–Trinajstić information content (AvgIpc) is 3.28. The molecule has 0 spiro atoms. The Kier molecular flexibility index (Phi) is 4.89. The minimum Gasteiger partial charge on any atom is -0.493 e. The first kappa shape index (κ1) is 18.9. The number of nitrogens with zero attached hydrogens (tertiary/aromatic N) is 3. The smallest absolute Gasteiger partial charge is 0.291 e. The molecule has 0 amide bonds. The monoisotopic (exact) mass is 413 g/mol. The summed E-state index contributed by atoms with van der Waals surface area (Å²) in [4.78, 5) is 17.6. The summed E-state index contributed by atoms with van der Waals surface area (Å²) in [5, 5.41) is 4.34. The van der Waals surface area contributed by atoms with E-state index in [-0.39, 0.29) is 11.4 Å². The van der Waals surface area contributed by atoms with Gasteiger partial charge in [0.15, 0.2) is 17.3 Å². The van der Waals surface area contributed by atoms with Crippen molar-refractivity contribution in [3.05, 3.63) is 62.7 Å². The highest BCUT2D eigenvalue weighted by Gasteiger charge is 2.18. The summed E-state index contributed by atoms with van der Waals surface area (Å²) in [6.45, 7) is 0. The van der Waals surface area contributed by atoms with E-state index in [0.717, 1.165) is 5.56 Å². The number of hydrogen-bond donors (Lipinski definition) is 0. The van der Waals surface area contributed by atoms with Crippen LogP contribution in [0.2, 0.25) is 0 Å². The van der Waals surface area contributed by atoms with Gasteiger partial charge in [0.2, 0.25) is 10.7 Å². The van der Waals surface area contributed by atoms with Crippen LogP contribution >= 0.6 is 11.3 Å². The van der Waals surface area contributed by atoms with Crippen LogP contribution in [0.15, 0.2) is 41.2 Å².